The van der Waals surface area contributed by atoms with Gasteiger partial charge < -0.3 is 4.74 Å². The summed E-state index contributed by atoms with van der Waals surface area (Å²) < 4.78 is 5.34. The summed E-state index contributed by atoms with van der Waals surface area (Å²) in [7, 11) is 1.57. The third-order valence-corrected chi connectivity index (χ3v) is 4.03. The molecule has 1 unspecified atom stereocenters. The van der Waals surface area contributed by atoms with Gasteiger partial charge in [-0.2, -0.15) is 0 Å². The van der Waals surface area contributed by atoms with E-state index in [9.17, 15) is 0 Å². The van der Waals surface area contributed by atoms with Crippen molar-refractivity contribution in [3.05, 3.63) is 62.6 Å². The zero-order valence-corrected chi connectivity index (χ0v) is 12.9. The number of hydrazine groups is 1. The monoisotopic (exact) mass is 330 g/mol. The Morgan fingerprint density at radius 2 is 1.85 bits per heavy atom. The molecule has 2 rings (SSSR count). The van der Waals surface area contributed by atoms with E-state index in [1.807, 2.05) is 18.2 Å². The molecule has 2 aromatic carbocycles. The molecule has 1 atom stereocenters. The summed E-state index contributed by atoms with van der Waals surface area (Å²) in [4.78, 5) is 0. The maximum absolute atomic E-state index is 6.25. The van der Waals surface area contributed by atoms with Crippen molar-refractivity contribution < 1.29 is 4.74 Å². The second kappa shape index (κ2) is 6.66. The predicted molar refractivity (Wildman–Crippen MR) is 83.6 cm³/mol. The van der Waals surface area contributed by atoms with E-state index < -0.39 is 0 Å². The van der Waals surface area contributed by atoms with Crippen LogP contribution in [0.15, 0.2) is 36.4 Å². The molecule has 0 saturated carbocycles. The van der Waals surface area contributed by atoms with Gasteiger partial charge in [0.1, 0.15) is 5.75 Å². The molecule has 0 amide bonds. The first-order chi connectivity index (χ1) is 9.58. The van der Waals surface area contributed by atoms with Gasteiger partial charge in [0.25, 0.3) is 0 Å². The number of nitrogens with one attached hydrogen (secondary N) is 1. The van der Waals surface area contributed by atoms with Crippen molar-refractivity contribution in [2.45, 2.75) is 6.04 Å². The number of nitrogens with two attached hydrogens (primary N) is 1. The van der Waals surface area contributed by atoms with Crippen molar-refractivity contribution in [3.63, 3.8) is 0 Å². The highest BCUT2D eigenvalue weighted by atomic mass is 35.5. The number of hydrogen-bond acceptors (Lipinski definition) is 3. The molecule has 0 radical (unpaired) electrons. The fraction of sp³-hybridized carbons (Fsp3) is 0.143. The van der Waals surface area contributed by atoms with Gasteiger partial charge in [0.2, 0.25) is 0 Å². The molecule has 0 aliphatic carbocycles. The minimum absolute atomic E-state index is 0.353. The number of methoxy groups -OCH3 is 1. The molecule has 0 saturated heterocycles. The molecule has 0 heterocycles. The van der Waals surface area contributed by atoms with Crippen molar-refractivity contribution >= 4 is 34.8 Å². The van der Waals surface area contributed by atoms with Gasteiger partial charge in [-0.1, -0.05) is 53.0 Å². The quantitative estimate of drug-likeness (QED) is 0.652. The van der Waals surface area contributed by atoms with Crippen LogP contribution in [0.3, 0.4) is 0 Å². The molecule has 20 heavy (non-hydrogen) atoms. The van der Waals surface area contributed by atoms with Gasteiger partial charge in [0.05, 0.1) is 23.2 Å². The maximum atomic E-state index is 6.25. The normalized spacial score (nSPS) is 12.2. The van der Waals surface area contributed by atoms with Crippen molar-refractivity contribution in [1.82, 2.24) is 5.43 Å². The average molecular weight is 332 g/mol. The van der Waals surface area contributed by atoms with E-state index in [0.717, 1.165) is 11.1 Å². The first-order valence-electron chi connectivity index (χ1n) is 5.82. The first kappa shape index (κ1) is 15.4. The minimum atomic E-state index is -0.353. The highest BCUT2D eigenvalue weighted by molar-refractivity contribution is 6.42. The molecular formula is C14H13Cl3N2O. The van der Waals surface area contributed by atoms with Crippen LogP contribution in [-0.4, -0.2) is 7.11 Å². The summed E-state index contributed by atoms with van der Waals surface area (Å²) in [5, 5.41) is 1.50. The number of halogens is 3. The molecule has 6 heteroatoms. The van der Waals surface area contributed by atoms with Crippen LogP contribution in [0.25, 0.3) is 0 Å². The molecule has 106 valence electrons. The van der Waals surface area contributed by atoms with Crippen LogP contribution >= 0.6 is 34.8 Å². The number of rotatable bonds is 4. The Morgan fingerprint density at radius 3 is 2.50 bits per heavy atom. The molecule has 0 fully saturated rings. The Morgan fingerprint density at radius 1 is 1.10 bits per heavy atom. The summed E-state index contributed by atoms with van der Waals surface area (Å²) in [6, 6.07) is 10.4. The zero-order chi connectivity index (χ0) is 14.7. The Bertz CT molecular complexity index is 619. The van der Waals surface area contributed by atoms with Crippen LogP contribution in [0.2, 0.25) is 15.1 Å². The SMILES string of the molecule is COc1cc(Cl)ccc1C(NN)c1cccc(Cl)c1Cl. The van der Waals surface area contributed by atoms with Gasteiger partial charge in [-0.25, -0.2) is 5.43 Å². The topological polar surface area (TPSA) is 47.3 Å². The lowest BCUT2D eigenvalue weighted by Gasteiger charge is -2.21. The Hall–Kier alpha value is -0.970. The molecule has 0 aliphatic rings. The van der Waals surface area contributed by atoms with Gasteiger partial charge in [-0.3, -0.25) is 5.84 Å². The fourth-order valence-electron chi connectivity index (χ4n) is 2.01. The molecule has 0 aromatic heterocycles. The van der Waals surface area contributed by atoms with Gasteiger partial charge in [0, 0.05) is 10.6 Å². The third kappa shape index (κ3) is 3.03. The molecule has 0 aliphatic heterocycles. The lowest BCUT2D eigenvalue weighted by atomic mass is 9.98. The van der Waals surface area contributed by atoms with E-state index in [1.54, 1.807) is 25.3 Å². The van der Waals surface area contributed by atoms with Crippen LogP contribution < -0.4 is 16.0 Å². The highest BCUT2D eigenvalue weighted by Gasteiger charge is 2.20. The van der Waals surface area contributed by atoms with Crippen LogP contribution in [0.4, 0.5) is 0 Å². The van der Waals surface area contributed by atoms with E-state index in [1.165, 1.54) is 0 Å². The van der Waals surface area contributed by atoms with E-state index in [2.05, 4.69) is 5.43 Å². The average Bonchev–Trinajstić information content (AvgIpc) is 2.45. The van der Waals surface area contributed by atoms with Crippen molar-refractivity contribution in [1.29, 1.82) is 0 Å². The van der Waals surface area contributed by atoms with Crippen molar-refractivity contribution in [3.8, 4) is 5.75 Å². The molecule has 0 spiro atoms. The summed E-state index contributed by atoms with van der Waals surface area (Å²) in [5.74, 6) is 6.30. The van der Waals surface area contributed by atoms with Crippen LogP contribution in [0.1, 0.15) is 17.2 Å². The zero-order valence-electron chi connectivity index (χ0n) is 10.7. The van der Waals surface area contributed by atoms with E-state index in [0.29, 0.717) is 20.8 Å². The van der Waals surface area contributed by atoms with E-state index in [-0.39, 0.29) is 6.04 Å². The summed E-state index contributed by atoms with van der Waals surface area (Å²) in [6.07, 6.45) is 0. The van der Waals surface area contributed by atoms with Crippen LogP contribution in [0, 0.1) is 0 Å². The molecule has 0 bridgehead atoms. The number of benzene rings is 2. The maximum Gasteiger partial charge on any atom is 0.125 e. The lowest BCUT2D eigenvalue weighted by molar-refractivity contribution is 0.404. The van der Waals surface area contributed by atoms with Gasteiger partial charge in [-0.15, -0.1) is 0 Å². The second-order valence-corrected chi connectivity index (χ2v) is 5.35. The Kier molecular flexibility index (Phi) is 5.13. The predicted octanol–water partition coefficient (Wildman–Crippen LogP) is 4.21. The third-order valence-electron chi connectivity index (χ3n) is 2.97. The van der Waals surface area contributed by atoms with Crippen molar-refractivity contribution in [2.24, 2.45) is 5.84 Å². The molecular weight excluding hydrogens is 319 g/mol. The fourth-order valence-corrected chi connectivity index (χ4v) is 2.59. The Balaban J connectivity index is 2.55. The summed E-state index contributed by atoms with van der Waals surface area (Å²) >= 11 is 18.3. The second-order valence-electron chi connectivity index (χ2n) is 4.13. The summed E-state index contributed by atoms with van der Waals surface area (Å²) in [6.45, 7) is 0. The van der Waals surface area contributed by atoms with Crippen molar-refractivity contribution in [2.75, 3.05) is 7.11 Å². The van der Waals surface area contributed by atoms with Gasteiger partial charge in [0.15, 0.2) is 0 Å². The van der Waals surface area contributed by atoms with Gasteiger partial charge in [-0.05, 0) is 23.8 Å². The van der Waals surface area contributed by atoms with Gasteiger partial charge >= 0.3 is 0 Å². The Labute approximate surface area is 132 Å². The summed E-state index contributed by atoms with van der Waals surface area (Å²) in [5.41, 5.74) is 4.32. The largest absolute Gasteiger partial charge is 0.496 e. The standard InChI is InChI=1S/C14H13Cl3N2O/c1-20-12-7-8(15)5-6-9(12)14(19-18)10-3-2-4-11(16)13(10)17/h2-7,14,19H,18H2,1H3. The van der Waals surface area contributed by atoms with E-state index in [4.69, 9.17) is 45.4 Å². The van der Waals surface area contributed by atoms with E-state index >= 15 is 0 Å². The van der Waals surface area contributed by atoms with Crippen LogP contribution in [-0.2, 0) is 0 Å². The first-order valence-corrected chi connectivity index (χ1v) is 6.95. The highest BCUT2D eigenvalue weighted by Crippen LogP contribution is 2.37. The molecule has 3 N–H and O–H groups in total. The minimum Gasteiger partial charge on any atom is -0.496 e. The van der Waals surface area contributed by atoms with Crippen LogP contribution in [0.5, 0.6) is 5.75 Å². The molecule has 3 nitrogen and oxygen atoms in total. The smallest absolute Gasteiger partial charge is 0.125 e. The number of ether oxygens (including phenoxy) is 1. The molecule has 2 aromatic rings. The lowest BCUT2D eigenvalue weighted by Crippen LogP contribution is -2.29. The number of hydrogen-bond donors (Lipinski definition) is 2.